The number of aryl methyl sites for hydroxylation is 1. The van der Waals surface area contributed by atoms with Gasteiger partial charge in [-0.3, -0.25) is 9.69 Å². The Bertz CT molecular complexity index is 489. The molecule has 1 heterocycles. The molecule has 0 bridgehead atoms. The van der Waals surface area contributed by atoms with Crippen LogP contribution in [0.15, 0.2) is 18.2 Å². The van der Waals surface area contributed by atoms with Crippen molar-refractivity contribution in [2.45, 2.75) is 19.9 Å². The first-order chi connectivity index (χ1) is 9.45. The van der Waals surface area contributed by atoms with Gasteiger partial charge in [0, 0.05) is 37.1 Å². The second kappa shape index (κ2) is 6.24. The molecule has 1 aromatic rings. The Morgan fingerprint density at radius 3 is 2.85 bits per heavy atom. The number of carbonyl (C=O) groups excluding carboxylic acids is 1. The van der Waals surface area contributed by atoms with Crippen molar-refractivity contribution in [3.63, 3.8) is 0 Å². The van der Waals surface area contributed by atoms with Crippen molar-refractivity contribution in [1.82, 2.24) is 9.80 Å². The summed E-state index contributed by atoms with van der Waals surface area (Å²) in [6.07, 6.45) is 0. The Kier molecular flexibility index (Phi) is 4.62. The minimum atomic E-state index is 0.0182. The lowest BCUT2D eigenvalue weighted by Gasteiger charge is -2.37. The molecule has 5 heteroatoms. The van der Waals surface area contributed by atoms with Gasteiger partial charge in [-0.05, 0) is 38.6 Å². The highest BCUT2D eigenvalue weighted by Gasteiger charge is 2.23. The molecule has 1 saturated heterocycles. The van der Waals surface area contributed by atoms with E-state index in [2.05, 4.69) is 29.1 Å². The van der Waals surface area contributed by atoms with Gasteiger partial charge in [-0.25, -0.2) is 0 Å². The number of hydrogen-bond donors (Lipinski definition) is 2. The Labute approximate surface area is 120 Å². The normalized spacial score (nSPS) is 20.9. The lowest BCUT2D eigenvalue weighted by atomic mass is 10.2. The Morgan fingerprint density at radius 2 is 2.20 bits per heavy atom. The third-order valence-electron chi connectivity index (χ3n) is 3.88. The fourth-order valence-corrected chi connectivity index (χ4v) is 2.52. The Morgan fingerprint density at radius 1 is 1.45 bits per heavy atom. The molecule has 110 valence electrons. The van der Waals surface area contributed by atoms with Gasteiger partial charge < -0.3 is 16.0 Å². The van der Waals surface area contributed by atoms with E-state index in [4.69, 9.17) is 5.73 Å². The van der Waals surface area contributed by atoms with E-state index in [0.717, 1.165) is 30.9 Å². The number of hydrogen-bond acceptors (Lipinski definition) is 4. The van der Waals surface area contributed by atoms with Crippen LogP contribution in [0, 0.1) is 6.92 Å². The van der Waals surface area contributed by atoms with E-state index < -0.39 is 0 Å². The van der Waals surface area contributed by atoms with Crippen LogP contribution in [-0.2, 0) is 4.79 Å². The number of nitrogens with zero attached hydrogens (tertiary/aromatic N) is 2. The van der Waals surface area contributed by atoms with Crippen LogP contribution < -0.4 is 11.1 Å². The fourth-order valence-electron chi connectivity index (χ4n) is 2.52. The molecule has 0 spiro atoms. The van der Waals surface area contributed by atoms with E-state index in [-0.39, 0.29) is 5.91 Å². The monoisotopic (exact) mass is 276 g/mol. The summed E-state index contributed by atoms with van der Waals surface area (Å²) < 4.78 is 0. The molecule has 1 aromatic carbocycles. The number of nitrogens with one attached hydrogen (secondary N) is 1. The molecular formula is C15H24N4O. The molecule has 2 rings (SSSR count). The Balaban J connectivity index is 1.90. The van der Waals surface area contributed by atoms with Gasteiger partial charge in [-0.15, -0.1) is 0 Å². The maximum absolute atomic E-state index is 12.1. The lowest BCUT2D eigenvalue weighted by Crippen LogP contribution is -2.52. The molecule has 5 nitrogen and oxygen atoms in total. The first kappa shape index (κ1) is 14.8. The van der Waals surface area contributed by atoms with Crippen LogP contribution in [0.25, 0.3) is 0 Å². The van der Waals surface area contributed by atoms with Crippen LogP contribution in [0.4, 0.5) is 11.4 Å². The molecule has 0 aliphatic carbocycles. The third-order valence-corrected chi connectivity index (χ3v) is 3.88. The summed E-state index contributed by atoms with van der Waals surface area (Å²) in [6.45, 7) is 7.49. The second-order valence-electron chi connectivity index (χ2n) is 5.70. The van der Waals surface area contributed by atoms with Crippen molar-refractivity contribution in [2.75, 3.05) is 44.3 Å². The van der Waals surface area contributed by atoms with E-state index >= 15 is 0 Å². The Hall–Kier alpha value is -1.59. The topological polar surface area (TPSA) is 61.6 Å². The van der Waals surface area contributed by atoms with Gasteiger partial charge in [0.1, 0.15) is 0 Å². The van der Waals surface area contributed by atoms with Crippen LogP contribution in [0.5, 0.6) is 0 Å². The average Bonchev–Trinajstić information content (AvgIpc) is 2.37. The summed E-state index contributed by atoms with van der Waals surface area (Å²) in [6, 6.07) is 6.02. The molecule has 1 amide bonds. The smallest absolute Gasteiger partial charge is 0.238 e. The van der Waals surface area contributed by atoms with Crippen molar-refractivity contribution in [1.29, 1.82) is 0 Å². The molecule has 1 atom stereocenters. The standard InChI is InChI=1S/C15H24N4O/c1-11-4-5-13(8-14(11)16)17-15(20)10-19-7-6-18(3)9-12(19)2/h4-5,8,12H,6-7,9-10,16H2,1-3H3,(H,17,20). The van der Waals surface area contributed by atoms with Gasteiger partial charge in [0.2, 0.25) is 5.91 Å². The highest BCUT2D eigenvalue weighted by atomic mass is 16.2. The molecule has 20 heavy (non-hydrogen) atoms. The summed E-state index contributed by atoms with van der Waals surface area (Å²) in [5, 5.41) is 2.91. The van der Waals surface area contributed by atoms with Gasteiger partial charge >= 0.3 is 0 Å². The highest BCUT2D eigenvalue weighted by Crippen LogP contribution is 2.17. The first-order valence-electron chi connectivity index (χ1n) is 7.04. The fraction of sp³-hybridized carbons (Fsp3) is 0.533. The lowest BCUT2D eigenvalue weighted by molar-refractivity contribution is -0.118. The van der Waals surface area contributed by atoms with Crippen molar-refractivity contribution in [3.8, 4) is 0 Å². The maximum Gasteiger partial charge on any atom is 0.238 e. The number of rotatable bonds is 3. The largest absolute Gasteiger partial charge is 0.398 e. The van der Waals surface area contributed by atoms with Gasteiger partial charge in [0.25, 0.3) is 0 Å². The molecule has 3 N–H and O–H groups in total. The number of anilines is 2. The maximum atomic E-state index is 12.1. The van der Waals surface area contributed by atoms with Crippen LogP contribution >= 0.6 is 0 Å². The molecule has 1 fully saturated rings. The minimum absolute atomic E-state index is 0.0182. The van der Waals surface area contributed by atoms with E-state index in [0.29, 0.717) is 18.3 Å². The summed E-state index contributed by atoms with van der Waals surface area (Å²) in [5.41, 5.74) is 8.34. The number of amides is 1. The second-order valence-corrected chi connectivity index (χ2v) is 5.70. The zero-order valence-corrected chi connectivity index (χ0v) is 12.5. The van der Waals surface area contributed by atoms with Crippen molar-refractivity contribution < 1.29 is 4.79 Å². The average molecular weight is 276 g/mol. The molecule has 1 unspecified atom stereocenters. The summed E-state index contributed by atoms with van der Waals surface area (Å²) in [7, 11) is 2.11. The third kappa shape index (κ3) is 3.71. The number of benzene rings is 1. The number of likely N-dealkylation sites (N-methyl/N-ethyl adjacent to an activating group) is 1. The van der Waals surface area contributed by atoms with Crippen LogP contribution in [-0.4, -0.2) is 55.0 Å². The summed E-state index contributed by atoms with van der Waals surface area (Å²) >= 11 is 0. The van der Waals surface area contributed by atoms with E-state index in [1.54, 1.807) is 6.07 Å². The first-order valence-corrected chi connectivity index (χ1v) is 7.04. The molecular weight excluding hydrogens is 252 g/mol. The van der Waals surface area contributed by atoms with Gasteiger partial charge in [0.05, 0.1) is 6.54 Å². The zero-order chi connectivity index (χ0) is 14.7. The predicted molar refractivity (Wildman–Crippen MR) is 82.8 cm³/mol. The number of piperazine rings is 1. The molecule has 1 aliphatic rings. The molecule has 1 aliphatic heterocycles. The predicted octanol–water partition coefficient (Wildman–Crippen LogP) is 1.15. The quantitative estimate of drug-likeness (QED) is 0.813. The van der Waals surface area contributed by atoms with Crippen LogP contribution in [0.3, 0.4) is 0 Å². The molecule has 0 aromatic heterocycles. The molecule has 0 saturated carbocycles. The summed E-state index contributed by atoms with van der Waals surface area (Å²) in [5.74, 6) is 0.0182. The van der Waals surface area contributed by atoms with Gasteiger partial charge in [0.15, 0.2) is 0 Å². The summed E-state index contributed by atoms with van der Waals surface area (Å²) in [4.78, 5) is 16.6. The van der Waals surface area contributed by atoms with E-state index in [1.165, 1.54) is 0 Å². The van der Waals surface area contributed by atoms with E-state index in [1.807, 2.05) is 19.1 Å². The zero-order valence-electron chi connectivity index (χ0n) is 12.5. The van der Waals surface area contributed by atoms with Gasteiger partial charge in [-0.2, -0.15) is 0 Å². The van der Waals surface area contributed by atoms with Gasteiger partial charge in [-0.1, -0.05) is 6.07 Å². The van der Waals surface area contributed by atoms with E-state index in [9.17, 15) is 4.79 Å². The number of nitrogens with two attached hydrogens (primary N) is 1. The van der Waals surface area contributed by atoms with Crippen LogP contribution in [0.2, 0.25) is 0 Å². The van der Waals surface area contributed by atoms with Crippen molar-refractivity contribution in [2.24, 2.45) is 0 Å². The number of nitrogen functional groups attached to an aromatic ring is 1. The SMILES string of the molecule is Cc1ccc(NC(=O)CN2CCN(C)CC2C)cc1N. The van der Waals surface area contributed by atoms with Crippen LogP contribution in [0.1, 0.15) is 12.5 Å². The van der Waals surface area contributed by atoms with Crippen molar-refractivity contribution in [3.05, 3.63) is 23.8 Å². The highest BCUT2D eigenvalue weighted by molar-refractivity contribution is 5.92. The molecule has 0 radical (unpaired) electrons. The van der Waals surface area contributed by atoms with Crippen molar-refractivity contribution >= 4 is 17.3 Å². The number of carbonyl (C=O) groups is 1. The minimum Gasteiger partial charge on any atom is -0.398 e.